The molecule has 12 heteroatoms. The summed E-state index contributed by atoms with van der Waals surface area (Å²) in [4.78, 5) is 47.6. The molecule has 0 radical (unpaired) electrons. The third-order valence-corrected chi connectivity index (χ3v) is 7.03. The minimum atomic E-state index is -0.515. The Bertz CT molecular complexity index is 1050. The zero-order valence-corrected chi connectivity index (χ0v) is 25.1. The third-order valence-electron chi connectivity index (χ3n) is 7.03. The monoisotopic (exact) mass is 612 g/mol. The molecule has 1 saturated carbocycles. The first-order valence-corrected chi connectivity index (χ1v) is 15.2. The summed E-state index contributed by atoms with van der Waals surface area (Å²) in [6.45, 7) is 2.34. The van der Waals surface area contributed by atoms with Crippen LogP contribution in [-0.2, 0) is 32.0 Å². The molecule has 1 aliphatic rings. The van der Waals surface area contributed by atoms with Crippen LogP contribution in [0.15, 0.2) is 60.7 Å². The quantitative estimate of drug-likeness (QED) is 0.155. The first-order valence-electron chi connectivity index (χ1n) is 15.2. The van der Waals surface area contributed by atoms with Crippen molar-refractivity contribution in [2.45, 2.75) is 51.6 Å². The zero-order chi connectivity index (χ0) is 31.2. The fourth-order valence-electron chi connectivity index (χ4n) is 4.75. The largest absolute Gasteiger partial charge is 0.449 e. The third kappa shape index (κ3) is 15.1. The van der Waals surface area contributed by atoms with Gasteiger partial charge in [-0.2, -0.15) is 0 Å². The van der Waals surface area contributed by atoms with Gasteiger partial charge < -0.3 is 40.2 Å². The van der Waals surface area contributed by atoms with Crippen molar-refractivity contribution in [3.05, 3.63) is 71.8 Å². The summed E-state index contributed by atoms with van der Waals surface area (Å²) in [6.07, 6.45) is 2.64. The fourth-order valence-corrected chi connectivity index (χ4v) is 4.75. The van der Waals surface area contributed by atoms with Crippen molar-refractivity contribution in [1.82, 2.24) is 21.3 Å². The van der Waals surface area contributed by atoms with Crippen molar-refractivity contribution in [3.8, 4) is 0 Å². The van der Waals surface area contributed by atoms with Crippen LogP contribution < -0.4 is 21.3 Å². The van der Waals surface area contributed by atoms with Gasteiger partial charge in [0.15, 0.2) is 0 Å². The molecule has 0 aliphatic heterocycles. The molecule has 44 heavy (non-hydrogen) atoms. The predicted octanol–water partition coefficient (Wildman–Crippen LogP) is 4.88. The number of hydrogen-bond donors (Lipinski definition) is 4. The lowest BCUT2D eigenvalue weighted by atomic mass is 9.81. The molecule has 12 nitrogen and oxygen atoms in total. The van der Waals surface area contributed by atoms with Gasteiger partial charge >= 0.3 is 24.4 Å². The van der Waals surface area contributed by atoms with E-state index in [1.165, 1.54) is 0 Å². The summed E-state index contributed by atoms with van der Waals surface area (Å²) in [5, 5.41) is 11.0. The van der Waals surface area contributed by atoms with E-state index in [4.69, 9.17) is 18.9 Å². The molecule has 2 unspecified atom stereocenters. The molecule has 2 atom stereocenters. The Morgan fingerprint density at radius 3 is 1.30 bits per heavy atom. The molecular weight excluding hydrogens is 568 g/mol. The van der Waals surface area contributed by atoms with Crippen LogP contribution in [0.5, 0.6) is 0 Å². The number of carbonyl (C=O) groups excluding carboxylic acids is 4. The maximum atomic E-state index is 12.1. The second-order valence-corrected chi connectivity index (χ2v) is 10.6. The van der Waals surface area contributed by atoms with Gasteiger partial charge in [0.05, 0.1) is 26.4 Å². The van der Waals surface area contributed by atoms with Gasteiger partial charge in [-0.1, -0.05) is 67.1 Å². The van der Waals surface area contributed by atoms with E-state index in [2.05, 4.69) is 21.3 Å². The average molecular weight is 613 g/mol. The van der Waals surface area contributed by atoms with Gasteiger partial charge in [0.25, 0.3) is 0 Å². The minimum Gasteiger partial charge on any atom is -0.449 e. The van der Waals surface area contributed by atoms with Gasteiger partial charge in [-0.25, -0.2) is 19.2 Å². The molecule has 3 rings (SSSR count). The Morgan fingerprint density at radius 2 is 0.909 bits per heavy atom. The molecule has 0 spiro atoms. The van der Waals surface area contributed by atoms with E-state index in [1.807, 2.05) is 60.7 Å². The van der Waals surface area contributed by atoms with E-state index in [0.29, 0.717) is 50.9 Å². The van der Waals surface area contributed by atoms with Gasteiger partial charge in [-0.3, -0.25) is 0 Å². The molecule has 0 bridgehead atoms. The molecule has 4 N–H and O–H groups in total. The van der Waals surface area contributed by atoms with E-state index in [0.717, 1.165) is 36.8 Å². The van der Waals surface area contributed by atoms with Gasteiger partial charge in [-0.05, 0) is 42.2 Å². The number of nitrogens with one attached hydrogen (secondary N) is 4. The van der Waals surface area contributed by atoms with Crippen molar-refractivity contribution in [2.75, 3.05) is 39.5 Å². The smallest absolute Gasteiger partial charge is 0.407 e. The van der Waals surface area contributed by atoms with E-state index >= 15 is 0 Å². The molecule has 0 saturated heterocycles. The highest BCUT2D eigenvalue weighted by Crippen LogP contribution is 2.28. The summed E-state index contributed by atoms with van der Waals surface area (Å²) in [6, 6.07) is 19.0. The highest BCUT2D eigenvalue weighted by molar-refractivity contribution is 5.68. The zero-order valence-electron chi connectivity index (χ0n) is 25.1. The van der Waals surface area contributed by atoms with E-state index in [9.17, 15) is 19.2 Å². The Kier molecular flexibility index (Phi) is 15.8. The minimum absolute atomic E-state index is 0.144. The van der Waals surface area contributed by atoms with Gasteiger partial charge in [0.1, 0.15) is 0 Å². The van der Waals surface area contributed by atoms with E-state index in [1.54, 1.807) is 0 Å². The lowest BCUT2D eigenvalue weighted by Crippen LogP contribution is -2.36. The van der Waals surface area contributed by atoms with Crippen molar-refractivity contribution >= 4 is 24.4 Å². The Balaban J connectivity index is 1.14. The van der Waals surface area contributed by atoms with E-state index in [-0.39, 0.29) is 26.4 Å². The summed E-state index contributed by atoms with van der Waals surface area (Å²) >= 11 is 0. The maximum Gasteiger partial charge on any atom is 0.407 e. The highest BCUT2D eigenvalue weighted by Gasteiger charge is 2.23. The second kappa shape index (κ2) is 20.4. The standard InChI is InChI=1S/C32H44N4O8/c37-29(33-21-25-10-3-1-4-11-25)41-16-8-18-43-31(39)35-23-27-14-7-15-28(20-27)24-36-32(40)44-19-9-17-42-30(38)34-22-26-12-5-2-6-13-26/h1-6,10-13,27-28H,7-9,14-24H2,(H,33,37)(H,34,38)(H,35,39)(H,36,40). The molecule has 1 aliphatic carbocycles. The van der Waals surface area contributed by atoms with Crippen LogP contribution in [0, 0.1) is 11.8 Å². The first-order chi connectivity index (χ1) is 21.5. The second-order valence-electron chi connectivity index (χ2n) is 10.6. The summed E-state index contributed by atoms with van der Waals surface area (Å²) in [5.74, 6) is 0.585. The Hall–Kier alpha value is -4.48. The summed E-state index contributed by atoms with van der Waals surface area (Å²) in [5.41, 5.74) is 1.95. The number of amides is 4. The highest BCUT2D eigenvalue weighted by atomic mass is 16.6. The molecule has 1 fully saturated rings. The van der Waals surface area contributed by atoms with E-state index < -0.39 is 24.4 Å². The van der Waals surface area contributed by atoms with Crippen LogP contribution in [0.2, 0.25) is 0 Å². The lowest BCUT2D eigenvalue weighted by Gasteiger charge is -2.29. The molecule has 4 amide bonds. The van der Waals surface area contributed by atoms with Crippen molar-refractivity contribution in [1.29, 1.82) is 0 Å². The predicted molar refractivity (Wildman–Crippen MR) is 163 cm³/mol. The molecule has 240 valence electrons. The van der Waals surface area contributed by atoms with Crippen LogP contribution in [-0.4, -0.2) is 63.9 Å². The topological polar surface area (TPSA) is 153 Å². The Morgan fingerprint density at radius 1 is 0.545 bits per heavy atom. The number of hydrogen-bond acceptors (Lipinski definition) is 8. The molecule has 2 aromatic rings. The Labute approximate surface area is 258 Å². The number of ether oxygens (including phenoxy) is 4. The lowest BCUT2D eigenvalue weighted by molar-refractivity contribution is 0.116. The SMILES string of the molecule is O=C(NCc1ccccc1)OCCCOC(=O)NCC1CCCC(CNC(=O)OCCCOC(=O)NCc2ccccc2)C1. The van der Waals surface area contributed by atoms with Crippen molar-refractivity contribution in [3.63, 3.8) is 0 Å². The van der Waals surface area contributed by atoms with Crippen LogP contribution in [0.4, 0.5) is 19.2 Å². The molecular formula is C32H44N4O8. The van der Waals surface area contributed by atoms with Crippen LogP contribution in [0.3, 0.4) is 0 Å². The summed E-state index contributed by atoms with van der Waals surface area (Å²) < 4.78 is 20.6. The molecule has 0 aromatic heterocycles. The van der Waals surface area contributed by atoms with Gasteiger partial charge in [0.2, 0.25) is 0 Å². The molecule has 2 aromatic carbocycles. The average Bonchev–Trinajstić information content (AvgIpc) is 3.05. The van der Waals surface area contributed by atoms with Crippen molar-refractivity contribution in [2.24, 2.45) is 11.8 Å². The fraction of sp³-hybridized carbons (Fsp3) is 0.500. The van der Waals surface area contributed by atoms with Crippen molar-refractivity contribution < 1.29 is 38.1 Å². The van der Waals surface area contributed by atoms with Crippen LogP contribution in [0.1, 0.15) is 49.7 Å². The first kappa shape index (κ1) is 34.0. The number of carbonyl (C=O) groups is 4. The number of alkyl carbamates (subject to hydrolysis) is 4. The van der Waals surface area contributed by atoms with Crippen LogP contribution in [0.25, 0.3) is 0 Å². The molecule has 0 heterocycles. The maximum absolute atomic E-state index is 12.1. The van der Waals surface area contributed by atoms with Crippen LogP contribution >= 0.6 is 0 Å². The normalized spacial score (nSPS) is 15.7. The summed E-state index contributed by atoms with van der Waals surface area (Å²) in [7, 11) is 0. The van der Waals surface area contributed by atoms with Gasteiger partial charge in [-0.15, -0.1) is 0 Å². The number of benzene rings is 2. The van der Waals surface area contributed by atoms with Gasteiger partial charge in [0, 0.05) is 39.0 Å². The number of rotatable bonds is 16.